The number of rotatable bonds is 7. The van der Waals surface area contributed by atoms with E-state index in [0.717, 1.165) is 21.1 Å². The highest BCUT2D eigenvalue weighted by Crippen LogP contribution is 2.41. The number of hydrogen-bond donors (Lipinski definition) is 0. The van der Waals surface area contributed by atoms with Gasteiger partial charge in [0, 0.05) is 21.3 Å². The monoisotopic (exact) mass is 455 g/mol. The molecule has 1 aliphatic rings. The highest BCUT2D eigenvalue weighted by Gasteiger charge is 2.39. The first-order valence-corrected chi connectivity index (χ1v) is 11.3. The molecule has 2 aromatic carbocycles. The van der Waals surface area contributed by atoms with Crippen LogP contribution in [-0.4, -0.2) is 30.4 Å². The molecule has 1 aliphatic heterocycles. The molecule has 30 heavy (non-hydrogen) atoms. The lowest BCUT2D eigenvalue weighted by Crippen LogP contribution is -2.33. The van der Waals surface area contributed by atoms with Crippen LogP contribution in [-0.2, 0) is 16.0 Å². The number of halogens is 1. The quantitative estimate of drug-likeness (QED) is 0.440. The van der Waals surface area contributed by atoms with Crippen molar-refractivity contribution >= 4 is 52.1 Å². The number of hydrogen-bond acceptors (Lipinski definition) is 5. The molecule has 0 spiro atoms. The van der Waals surface area contributed by atoms with E-state index in [4.69, 9.17) is 16.3 Å². The van der Waals surface area contributed by atoms with Crippen molar-refractivity contribution in [1.82, 2.24) is 4.90 Å². The van der Waals surface area contributed by atoms with Crippen LogP contribution in [0.15, 0.2) is 75.8 Å². The molecule has 0 aliphatic carbocycles. The van der Waals surface area contributed by atoms with Crippen LogP contribution in [0, 0.1) is 0 Å². The Morgan fingerprint density at radius 2 is 1.73 bits per heavy atom. The zero-order valence-electron chi connectivity index (χ0n) is 16.1. The Kier molecular flexibility index (Phi) is 6.27. The first-order valence-electron chi connectivity index (χ1n) is 9.27. The molecule has 0 radical (unpaired) electrons. The number of benzene rings is 2. The molecule has 0 saturated carbocycles. The average molecular weight is 456 g/mol. The number of amides is 2. The lowest BCUT2D eigenvalue weighted by Gasteiger charge is -2.15. The molecule has 1 aromatic heterocycles. The van der Waals surface area contributed by atoms with E-state index in [1.807, 2.05) is 53.9 Å². The second-order valence-corrected chi connectivity index (χ2v) is 9.07. The van der Waals surface area contributed by atoms with Gasteiger partial charge in [0.05, 0.1) is 17.6 Å². The molecule has 7 heteroatoms. The van der Waals surface area contributed by atoms with Gasteiger partial charge in [-0.15, -0.1) is 11.3 Å². The minimum Gasteiger partial charge on any atom is -0.497 e. The molecule has 4 nitrogen and oxygen atoms in total. The first-order chi connectivity index (χ1) is 14.6. The van der Waals surface area contributed by atoms with Crippen LogP contribution < -0.4 is 4.74 Å². The van der Waals surface area contributed by atoms with Crippen LogP contribution in [0.4, 0.5) is 0 Å². The molecule has 2 heterocycles. The Morgan fingerprint density at radius 3 is 2.37 bits per heavy atom. The highest BCUT2D eigenvalue weighted by molar-refractivity contribution is 8.04. The minimum atomic E-state index is -0.253. The van der Waals surface area contributed by atoms with Gasteiger partial charge < -0.3 is 4.74 Å². The van der Waals surface area contributed by atoms with Crippen molar-refractivity contribution in [2.75, 3.05) is 13.7 Å². The molecule has 152 valence electrons. The van der Waals surface area contributed by atoms with Crippen LogP contribution in [0.25, 0.3) is 5.57 Å². The van der Waals surface area contributed by atoms with Crippen LogP contribution in [0.1, 0.15) is 10.4 Å². The molecule has 0 bridgehead atoms. The molecule has 2 amide bonds. The predicted octanol–water partition coefficient (Wildman–Crippen LogP) is 5.53. The third-order valence-corrected chi connectivity index (χ3v) is 6.94. The predicted molar refractivity (Wildman–Crippen MR) is 122 cm³/mol. The Morgan fingerprint density at radius 1 is 1.00 bits per heavy atom. The number of carbonyl (C=O) groups excluding carboxylic acids is 2. The molecule has 0 fully saturated rings. The van der Waals surface area contributed by atoms with Crippen LogP contribution >= 0.6 is 34.7 Å². The highest BCUT2D eigenvalue weighted by atomic mass is 35.5. The van der Waals surface area contributed by atoms with Gasteiger partial charge in [0.1, 0.15) is 5.75 Å². The summed E-state index contributed by atoms with van der Waals surface area (Å²) < 4.78 is 5.18. The van der Waals surface area contributed by atoms with Gasteiger partial charge in [-0.2, -0.15) is 0 Å². The number of imide groups is 1. The van der Waals surface area contributed by atoms with Crippen LogP contribution in [0.5, 0.6) is 5.75 Å². The number of thioether (sulfide) groups is 1. The van der Waals surface area contributed by atoms with Gasteiger partial charge >= 0.3 is 0 Å². The smallest absolute Gasteiger partial charge is 0.268 e. The summed E-state index contributed by atoms with van der Waals surface area (Å²) in [5.41, 5.74) is 1.51. The zero-order valence-corrected chi connectivity index (χ0v) is 18.5. The Labute approximate surface area is 188 Å². The number of methoxy groups -OCH3 is 1. The molecular formula is C23H18ClNO3S2. The maximum absolute atomic E-state index is 13.2. The summed E-state index contributed by atoms with van der Waals surface area (Å²) in [5, 5.41) is 2.53. The number of thiophene rings is 1. The second kappa shape index (κ2) is 9.08. The van der Waals surface area contributed by atoms with Crippen molar-refractivity contribution in [1.29, 1.82) is 0 Å². The van der Waals surface area contributed by atoms with Crippen molar-refractivity contribution in [3.8, 4) is 5.75 Å². The normalized spacial score (nSPS) is 14.0. The molecule has 3 aromatic rings. The number of carbonyl (C=O) groups is 2. The topological polar surface area (TPSA) is 46.6 Å². The van der Waals surface area contributed by atoms with Crippen molar-refractivity contribution in [3.05, 3.63) is 86.4 Å². The van der Waals surface area contributed by atoms with Gasteiger partial charge in [-0.25, -0.2) is 0 Å². The van der Waals surface area contributed by atoms with E-state index in [2.05, 4.69) is 0 Å². The second-order valence-electron chi connectivity index (χ2n) is 6.60. The van der Waals surface area contributed by atoms with E-state index in [1.54, 1.807) is 19.2 Å². The minimum absolute atomic E-state index is 0.243. The summed E-state index contributed by atoms with van der Waals surface area (Å²) in [5.74, 6) is 0.277. The van der Waals surface area contributed by atoms with Crippen LogP contribution in [0.2, 0.25) is 5.02 Å². The van der Waals surface area contributed by atoms with E-state index in [9.17, 15) is 9.59 Å². The van der Waals surface area contributed by atoms with E-state index in [0.29, 0.717) is 28.5 Å². The van der Waals surface area contributed by atoms with E-state index in [-0.39, 0.29) is 11.8 Å². The summed E-state index contributed by atoms with van der Waals surface area (Å²) >= 11 is 8.74. The first kappa shape index (κ1) is 20.7. The Hall–Kier alpha value is -2.54. The maximum Gasteiger partial charge on any atom is 0.268 e. The van der Waals surface area contributed by atoms with E-state index >= 15 is 0 Å². The summed E-state index contributed by atoms with van der Waals surface area (Å²) in [4.78, 5) is 29.9. The fraction of sp³-hybridized carbons (Fsp3) is 0.130. The summed E-state index contributed by atoms with van der Waals surface area (Å²) in [6, 6.07) is 18.7. The Balaban J connectivity index is 1.58. The third-order valence-electron chi connectivity index (χ3n) is 4.71. The fourth-order valence-corrected chi connectivity index (χ4v) is 5.11. The van der Waals surface area contributed by atoms with Gasteiger partial charge in [-0.1, -0.05) is 41.6 Å². The van der Waals surface area contributed by atoms with Crippen LogP contribution in [0.3, 0.4) is 0 Å². The van der Waals surface area contributed by atoms with Crippen molar-refractivity contribution in [2.45, 2.75) is 11.3 Å². The average Bonchev–Trinajstić information content (AvgIpc) is 3.36. The van der Waals surface area contributed by atoms with Gasteiger partial charge in [0.25, 0.3) is 11.8 Å². The summed E-state index contributed by atoms with van der Waals surface area (Å²) in [6.07, 6.45) is 0.581. The number of ether oxygens (including phenoxy) is 1. The molecular weight excluding hydrogens is 438 g/mol. The third kappa shape index (κ3) is 4.31. The summed E-state index contributed by atoms with van der Waals surface area (Å²) in [6.45, 7) is 0.323. The van der Waals surface area contributed by atoms with Gasteiger partial charge in [-0.05, 0) is 59.8 Å². The molecule has 0 N–H and O–H groups in total. The standard InChI is InChI=1S/C23H18ClNO3S2/c1-28-17-8-4-15(5-9-17)12-13-25-22(26)20(19-3-2-14-29-19)21(23(25)27)30-18-10-6-16(24)7-11-18/h2-11,14H,12-13H2,1H3. The fourth-order valence-electron chi connectivity index (χ4n) is 3.14. The summed E-state index contributed by atoms with van der Waals surface area (Å²) in [7, 11) is 1.62. The lowest BCUT2D eigenvalue weighted by atomic mass is 10.1. The van der Waals surface area contributed by atoms with Gasteiger partial charge in [0.2, 0.25) is 0 Å². The van der Waals surface area contributed by atoms with E-state index in [1.165, 1.54) is 28.0 Å². The largest absolute Gasteiger partial charge is 0.497 e. The van der Waals surface area contributed by atoms with Crippen molar-refractivity contribution < 1.29 is 14.3 Å². The van der Waals surface area contributed by atoms with Gasteiger partial charge in [-0.3, -0.25) is 14.5 Å². The molecule has 0 atom stereocenters. The zero-order chi connectivity index (χ0) is 21.1. The number of nitrogens with zero attached hydrogens (tertiary/aromatic N) is 1. The van der Waals surface area contributed by atoms with Crippen molar-refractivity contribution in [3.63, 3.8) is 0 Å². The van der Waals surface area contributed by atoms with E-state index < -0.39 is 0 Å². The maximum atomic E-state index is 13.2. The van der Waals surface area contributed by atoms with Gasteiger partial charge in [0.15, 0.2) is 0 Å². The molecule has 0 unspecified atom stereocenters. The Bertz CT molecular complexity index is 1090. The SMILES string of the molecule is COc1ccc(CCN2C(=O)C(Sc3ccc(Cl)cc3)=C(c3cccs3)C2=O)cc1. The molecule has 0 saturated heterocycles. The van der Waals surface area contributed by atoms with Crippen molar-refractivity contribution in [2.24, 2.45) is 0 Å². The molecule has 4 rings (SSSR count). The lowest BCUT2D eigenvalue weighted by molar-refractivity contribution is -0.136.